The van der Waals surface area contributed by atoms with Crippen LogP contribution in [-0.4, -0.2) is 65.8 Å². The molecule has 0 saturated carbocycles. The van der Waals surface area contributed by atoms with Crippen molar-refractivity contribution in [3.63, 3.8) is 0 Å². The van der Waals surface area contributed by atoms with Crippen molar-refractivity contribution in [2.24, 2.45) is 0 Å². The molecule has 0 aromatic rings. The number of hydrogen-bond donors (Lipinski definition) is 1. The van der Waals surface area contributed by atoms with Crippen molar-refractivity contribution >= 4 is 12.0 Å². The zero-order valence-corrected chi connectivity index (χ0v) is 12.3. The van der Waals surface area contributed by atoms with Crippen molar-refractivity contribution in [2.45, 2.75) is 31.7 Å². The van der Waals surface area contributed by atoms with Gasteiger partial charge in [0, 0.05) is 26.7 Å². The number of carboxylic acid groups (broad SMARTS) is 1. The number of carbonyl (C=O) groups is 2. The smallest absolute Gasteiger partial charge is 0.329 e. The number of methoxy groups -OCH3 is 1. The molecule has 1 aliphatic rings. The van der Waals surface area contributed by atoms with Crippen LogP contribution in [0.3, 0.4) is 0 Å². The fraction of sp³-hybridized carbons (Fsp3) is 0.714. The fourth-order valence-electron chi connectivity index (χ4n) is 2.69. The molecular weight excluding hydrogens is 260 g/mol. The van der Waals surface area contributed by atoms with Gasteiger partial charge in [-0.25, -0.2) is 9.59 Å². The van der Waals surface area contributed by atoms with Crippen LogP contribution >= 0.6 is 0 Å². The zero-order chi connectivity index (χ0) is 15.2. The molecule has 1 fully saturated rings. The van der Waals surface area contributed by atoms with Gasteiger partial charge in [-0.1, -0.05) is 13.0 Å². The second-order valence-electron chi connectivity index (χ2n) is 4.96. The summed E-state index contributed by atoms with van der Waals surface area (Å²) >= 11 is 0. The molecule has 20 heavy (non-hydrogen) atoms. The van der Waals surface area contributed by atoms with Gasteiger partial charge in [0.25, 0.3) is 0 Å². The summed E-state index contributed by atoms with van der Waals surface area (Å²) in [5, 5.41) is 9.51. The Hall–Kier alpha value is -1.56. The van der Waals surface area contributed by atoms with Crippen molar-refractivity contribution in [2.75, 3.05) is 33.4 Å². The van der Waals surface area contributed by atoms with Crippen LogP contribution in [0, 0.1) is 0 Å². The van der Waals surface area contributed by atoms with Crippen molar-refractivity contribution in [1.29, 1.82) is 0 Å². The van der Waals surface area contributed by atoms with E-state index in [0.717, 1.165) is 6.42 Å². The predicted molar refractivity (Wildman–Crippen MR) is 75.6 cm³/mol. The Morgan fingerprint density at radius 3 is 2.75 bits per heavy atom. The average Bonchev–Trinajstić information content (AvgIpc) is 2.87. The quantitative estimate of drug-likeness (QED) is 0.720. The number of carbonyl (C=O) groups excluding carboxylic acids is 1. The Bertz CT molecular complexity index is 372. The maximum atomic E-state index is 12.6. The molecule has 1 atom stereocenters. The van der Waals surface area contributed by atoms with Crippen LogP contribution in [0.4, 0.5) is 4.79 Å². The van der Waals surface area contributed by atoms with E-state index >= 15 is 0 Å². The molecule has 0 radical (unpaired) electrons. The highest BCUT2D eigenvalue weighted by atomic mass is 16.5. The first-order chi connectivity index (χ1) is 9.53. The maximum Gasteiger partial charge on any atom is 0.329 e. The molecule has 0 aromatic carbocycles. The SMILES string of the molecule is C=CCN(CCOC)C(=O)N1CCCC1(CC)C(=O)O. The second kappa shape index (κ2) is 7.28. The van der Waals surface area contributed by atoms with E-state index in [1.54, 1.807) is 18.1 Å². The molecule has 0 aromatic heterocycles. The normalized spacial score (nSPS) is 21.8. The largest absolute Gasteiger partial charge is 0.479 e. The molecule has 1 heterocycles. The summed E-state index contributed by atoms with van der Waals surface area (Å²) in [6, 6.07) is -0.247. The Kier molecular flexibility index (Phi) is 6.01. The van der Waals surface area contributed by atoms with E-state index in [9.17, 15) is 14.7 Å². The number of aliphatic carboxylic acids is 1. The minimum Gasteiger partial charge on any atom is -0.479 e. The van der Waals surface area contributed by atoms with E-state index in [4.69, 9.17) is 4.74 Å². The Morgan fingerprint density at radius 1 is 1.55 bits per heavy atom. The van der Waals surface area contributed by atoms with Gasteiger partial charge in [0.15, 0.2) is 0 Å². The second-order valence-corrected chi connectivity index (χ2v) is 4.96. The number of ether oxygens (including phenoxy) is 1. The van der Waals surface area contributed by atoms with Crippen LogP contribution in [-0.2, 0) is 9.53 Å². The van der Waals surface area contributed by atoms with Crippen molar-refractivity contribution in [1.82, 2.24) is 9.80 Å². The topological polar surface area (TPSA) is 70.1 Å². The van der Waals surface area contributed by atoms with Crippen LogP contribution < -0.4 is 0 Å². The summed E-state index contributed by atoms with van der Waals surface area (Å²) < 4.78 is 4.99. The molecule has 0 spiro atoms. The first kappa shape index (κ1) is 16.5. The molecular formula is C14H24N2O4. The van der Waals surface area contributed by atoms with Crippen LogP contribution in [0.15, 0.2) is 12.7 Å². The summed E-state index contributed by atoms with van der Waals surface area (Å²) in [4.78, 5) is 27.3. The summed E-state index contributed by atoms with van der Waals surface area (Å²) in [6.07, 6.45) is 3.28. The lowest BCUT2D eigenvalue weighted by Crippen LogP contribution is -2.56. The molecule has 6 heteroatoms. The summed E-state index contributed by atoms with van der Waals surface area (Å²) in [6.45, 7) is 7.17. The number of carboxylic acids is 1. The minimum absolute atomic E-state index is 0.247. The lowest BCUT2D eigenvalue weighted by Gasteiger charge is -2.37. The van der Waals surface area contributed by atoms with Gasteiger partial charge in [0.1, 0.15) is 5.54 Å². The van der Waals surface area contributed by atoms with Gasteiger partial charge in [-0.05, 0) is 19.3 Å². The highest BCUT2D eigenvalue weighted by molar-refractivity contribution is 5.87. The van der Waals surface area contributed by atoms with Gasteiger partial charge in [0.2, 0.25) is 0 Å². The molecule has 6 nitrogen and oxygen atoms in total. The highest BCUT2D eigenvalue weighted by Gasteiger charge is 2.49. The van der Waals surface area contributed by atoms with Crippen molar-refractivity contribution in [3.8, 4) is 0 Å². The molecule has 2 amide bonds. The van der Waals surface area contributed by atoms with Crippen LogP contribution in [0.25, 0.3) is 0 Å². The number of nitrogens with zero attached hydrogens (tertiary/aromatic N) is 2. The third-order valence-electron chi connectivity index (χ3n) is 3.89. The molecule has 1 rings (SSSR count). The lowest BCUT2D eigenvalue weighted by atomic mass is 9.93. The summed E-state index contributed by atoms with van der Waals surface area (Å²) in [7, 11) is 1.57. The van der Waals surface area contributed by atoms with E-state index in [1.165, 1.54) is 4.90 Å². The minimum atomic E-state index is -1.07. The van der Waals surface area contributed by atoms with Crippen LogP contribution in [0.5, 0.6) is 0 Å². The number of amides is 2. The van der Waals surface area contributed by atoms with Gasteiger partial charge in [0.05, 0.1) is 6.61 Å². The lowest BCUT2D eigenvalue weighted by molar-refractivity contribution is -0.148. The molecule has 114 valence electrons. The van der Waals surface area contributed by atoms with Crippen LogP contribution in [0.1, 0.15) is 26.2 Å². The van der Waals surface area contributed by atoms with Gasteiger partial charge >= 0.3 is 12.0 Å². The van der Waals surface area contributed by atoms with Crippen molar-refractivity contribution in [3.05, 3.63) is 12.7 Å². The molecule has 1 aliphatic heterocycles. The predicted octanol–water partition coefficient (Wildman–Crippen LogP) is 1.57. The molecule has 0 aliphatic carbocycles. The maximum absolute atomic E-state index is 12.6. The number of hydrogen-bond acceptors (Lipinski definition) is 3. The van der Waals surface area contributed by atoms with Gasteiger partial charge in [-0.2, -0.15) is 0 Å². The van der Waals surface area contributed by atoms with Gasteiger partial charge < -0.3 is 19.6 Å². The molecule has 0 bridgehead atoms. The first-order valence-corrected chi connectivity index (χ1v) is 6.93. The van der Waals surface area contributed by atoms with Gasteiger partial charge in [-0.15, -0.1) is 6.58 Å². The van der Waals surface area contributed by atoms with E-state index in [2.05, 4.69) is 6.58 Å². The zero-order valence-electron chi connectivity index (χ0n) is 12.3. The summed E-state index contributed by atoms with van der Waals surface area (Å²) in [5.74, 6) is -0.920. The first-order valence-electron chi connectivity index (χ1n) is 6.93. The Morgan fingerprint density at radius 2 is 2.25 bits per heavy atom. The molecule has 1 N–H and O–H groups in total. The van der Waals surface area contributed by atoms with E-state index in [-0.39, 0.29) is 6.03 Å². The summed E-state index contributed by atoms with van der Waals surface area (Å²) in [5.41, 5.74) is -1.07. The Labute approximate surface area is 120 Å². The molecule has 1 unspecified atom stereocenters. The van der Waals surface area contributed by atoms with E-state index < -0.39 is 11.5 Å². The van der Waals surface area contributed by atoms with Gasteiger partial charge in [-0.3, -0.25) is 0 Å². The third-order valence-corrected chi connectivity index (χ3v) is 3.89. The number of likely N-dealkylation sites (tertiary alicyclic amines) is 1. The third kappa shape index (κ3) is 3.12. The average molecular weight is 284 g/mol. The Balaban J connectivity index is 2.91. The monoisotopic (exact) mass is 284 g/mol. The standard InChI is InChI=1S/C14H24N2O4/c1-4-8-15(10-11-20-3)13(19)16-9-6-7-14(16,5-2)12(17)18/h4H,1,5-11H2,2-3H3,(H,17,18). The van der Waals surface area contributed by atoms with E-state index in [0.29, 0.717) is 39.1 Å². The van der Waals surface area contributed by atoms with Crippen LogP contribution in [0.2, 0.25) is 0 Å². The number of urea groups is 1. The van der Waals surface area contributed by atoms with Crippen molar-refractivity contribution < 1.29 is 19.4 Å². The number of rotatable bonds is 7. The highest BCUT2D eigenvalue weighted by Crippen LogP contribution is 2.33. The van der Waals surface area contributed by atoms with E-state index in [1.807, 2.05) is 6.92 Å². The molecule has 1 saturated heterocycles. The fourth-order valence-corrected chi connectivity index (χ4v) is 2.69.